The fourth-order valence-electron chi connectivity index (χ4n) is 2.69. The van der Waals surface area contributed by atoms with Crippen LogP contribution in [-0.4, -0.2) is 33.8 Å². The lowest BCUT2D eigenvalue weighted by Crippen LogP contribution is -2.30. The highest BCUT2D eigenvalue weighted by Gasteiger charge is 2.64. The molecule has 0 spiro atoms. The molecule has 1 rings (SSSR count). The van der Waals surface area contributed by atoms with Gasteiger partial charge in [-0.25, -0.2) is 13.1 Å². The van der Waals surface area contributed by atoms with Crippen molar-refractivity contribution < 1.29 is 8.42 Å². The average Bonchev–Trinajstić information content (AvgIpc) is 2.62. The van der Waals surface area contributed by atoms with Gasteiger partial charge in [-0.3, -0.25) is 0 Å². The molecule has 0 bridgehead atoms. The molecule has 0 unspecified atom stereocenters. The van der Waals surface area contributed by atoms with Gasteiger partial charge in [0.1, 0.15) is 0 Å². The van der Waals surface area contributed by atoms with E-state index < -0.39 is 10.0 Å². The van der Waals surface area contributed by atoms with Crippen molar-refractivity contribution in [3.8, 4) is 0 Å². The minimum Gasteiger partial charge on any atom is -0.317 e. The molecule has 0 aromatic carbocycles. The highest BCUT2D eigenvalue weighted by atomic mass is 32.2. The molecule has 0 atom stereocenters. The summed E-state index contributed by atoms with van der Waals surface area (Å²) in [6.07, 6.45) is 0.667. The molecule has 0 aromatic rings. The summed E-state index contributed by atoms with van der Waals surface area (Å²) in [6.45, 7) is 13.1. The normalized spacial score (nSPS) is 22.1. The number of rotatable bonds is 8. The average molecular weight is 276 g/mol. The van der Waals surface area contributed by atoms with Gasteiger partial charge in [-0.15, -0.1) is 0 Å². The standard InChI is InChI=1S/C13H28N2O2S/c1-6-14-8-7-9-18(16,17)15-10-11-12(2,3)13(11,4)5/h11,14-15H,6-10H2,1-5H3. The van der Waals surface area contributed by atoms with Crippen molar-refractivity contribution in [3.63, 3.8) is 0 Å². The van der Waals surface area contributed by atoms with E-state index in [0.717, 1.165) is 13.1 Å². The monoisotopic (exact) mass is 276 g/mol. The molecule has 1 saturated carbocycles. The minimum absolute atomic E-state index is 0.216. The predicted molar refractivity (Wildman–Crippen MR) is 76.0 cm³/mol. The second-order valence-electron chi connectivity index (χ2n) is 6.37. The van der Waals surface area contributed by atoms with E-state index in [4.69, 9.17) is 0 Å². The summed E-state index contributed by atoms with van der Waals surface area (Å²) in [5.41, 5.74) is 0.471. The van der Waals surface area contributed by atoms with Gasteiger partial charge in [-0.05, 0) is 36.3 Å². The van der Waals surface area contributed by atoms with Gasteiger partial charge < -0.3 is 5.32 Å². The molecular weight excluding hydrogens is 248 g/mol. The number of hydrogen-bond donors (Lipinski definition) is 2. The molecule has 5 heteroatoms. The number of nitrogens with one attached hydrogen (secondary N) is 2. The summed E-state index contributed by atoms with van der Waals surface area (Å²) in [6, 6.07) is 0. The first-order valence-corrected chi connectivity index (χ1v) is 8.48. The smallest absolute Gasteiger partial charge is 0.211 e. The van der Waals surface area contributed by atoms with Crippen LogP contribution in [0.5, 0.6) is 0 Å². The maximum atomic E-state index is 11.8. The Hall–Kier alpha value is -0.130. The van der Waals surface area contributed by atoms with Crippen molar-refractivity contribution in [2.45, 2.75) is 41.0 Å². The van der Waals surface area contributed by atoms with E-state index >= 15 is 0 Å². The second-order valence-corrected chi connectivity index (χ2v) is 8.30. The quantitative estimate of drug-likeness (QED) is 0.662. The molecule has 2 N–H and O–H groups in total. The fraction of sp³-hybridized carbons (Fsp3) is 1.00. The Morgan fingerprint density at radius 2 is 1.67 bits per heavy atom. The van der Waals surface area contributed by atoms with E-state index in [1.54, 1.807) is 0 Å². The summed E-state index contributed by atoms with van der Waals surface area (Å²) in [5.74, 6) is 0.654. The molecule has 1 fully saturated rings. The highest BCUT2D eigenvalue weighted by molar-refractivity contribution is 7.89. The summed E-state index contributed by atoms with van der Waals surface area (Å²) >= 11 is 0. The topological polar surface area (TPSA) is 58.2 Å². The van der Waals surface area contributed by atoms with Gasteiger partial charge >= 0.3 is 0 Å². The Balaban J connectivity index is 2.31. The van der Waals surface area contributed by atoms with Crippen LogP contribution in [0.4, 0.5) is 0 Å². The molecule has 4 nitrogen and oxygen atoms in total. The summed E-state index contributed by atoms with van der Waals surface area (Å²) in [4.78, 5) is 0. The Morgan fingerprint density at radius 1 is 1.11 bits per heavy atom. The molecule has 0 aromatic heterocycles. The zero-order valence-corrected chi connectivity index (χ0v) is 13.2. The van der Waals surface area contributed by atoms with Gasteiger partial charge in [0.05, 0.1) is 5.75 Å². The van der Waals surface area contributed by atoms with Crippen LogP contribution in [0.15, 0.2) is 0 Å². The lowest BCUT2D eigenvalue weighted by atomic mass is 10.0. The molecule has 0 radical (unpaired) electrons. The van der Waals surface area contributed by atoms with Crippen LogP contribution >= 0.6 is 0 Å². The molecule has 18 heavy (non-hydrogen) atoms. The third-order valence-electron chi connectivity index (χ3n) is 4.84. The maximum Gasteiger partial charge on any atom is 0.211 e. The zero-order chi connectivity index (χ0) is 14.0. The van der Waals surface area contributed by atoms with E-state index in [9.17, 15) is 8.42 Å². The van der Waals surface area contributed by atoms with Crippen LogP contribution in [0.1, 0.15) is 41.0 Å². The number of sulfonamides is 1. The largest absolute Gasteiger partial charge is 0.317 e. The van der Waals surface area contributed by atoms with Gasteiger partial charge in [0.25, 0.3) is 0 Å². The number of hydrogen-bond acceptors (Lipinski definition) is 3. The molecule has 0 saturated heterocycles. The van der Waals surface area contributed by atoms with E-state index in [1.165, 1.54) is 0 Å². The van der Waals surface area contributed by atoms with Crippen LogP contribution < -0.4 is 10.0 Å². The van der Waals surface area contributed by atoms with E-state index in [0.29, 0.717) is 18.9 Å². The van der Waals surface area contributed by atoms with Gasteiger partial charge in [0, 0.05) is 6.54 Å². The SMILES string of the molecule is CCNCCCS(=O)(=O)NCC1C(C)(C)C1(C)C. The fourth-order valence-corrected chi connectivity index (χ4v) is 3.78. The van der Waals surface area contributed by atoms with Crippen molar-refractivity contribution >= 4 is 10.0 Å². The van der Waals surface area contributed by atoms with Crippen LogP contribution in [0.2, 0.25) is 0 Å². The van der Waals surface area contributed by atoms with Gasteiger partial charge in [0.15, 0.2) is 0 Å². The molecule has 0 heterocycles. The third-order valence-corrected chi connectivity index (χ3v) is 6.28. The van der Waals surface area contributed by atoms with Crippen molar-refractivity contribution in [1.82, 2.24) is 10.0 Å². The van der Waals surface area contributed by atoms with E-state index in [-0.39, 0.29) is 16.6 Å². The summed E-state index contributed by atoms with van der Waals surface area (Å²) in [5, 5.41) is 3.13. The van der Waals surface area contributed by atoms with Crippen molar-refractivity contribution in [1.29, 1.82) is 0 Å². The zero-order valence-electron chi connectivity index (χ0n) is 12.3. The van der Waals surface area contributed by atoms with Crippen LogP contribution in [0.3, 0.4) is 0 Å². The summed E-state index contributed by atoms with van der Waals surface area (Å²) in [7, 11) is -3.11. The highest BCUT2D eigenvalue weighted by Crippen LogP contribution is 2.67. The van der Waals surface area contributed by atoms with Gasteiger partial charge in [-0.1, -0.05) is 34.6 Å². The first-order chi connectivity index (χ1) is 8.15. The molecule has 0 amide bonds. The lowest BCUT2D eigenvalue weighted by Gasteiger charge is -2.08. The molecule has 1 aliphatic carbocycles. The first-order valence-electron chi connectivity index (χ1n) is 6.83. The predicted octanol–water partition coefficient (Wildman–Crippen LogP) is 1.59. The van der Waals surface area contributed by atoms with Crippen LogP contribution in [-0.2, 0) is 10.0 Å². The van der Waals surface area contributed by atoms with Crippen molar-refractivity contribution in [3.05, 3.63) is 0 Å². The third kappa shape index (κ3) is 3.45. The first kappa shape index (κ1) is 15.9. The minimum atomic E-state index is -3.11. The Morgan fingerprint density at radius 3 is 2.11 bits per heavy atom. The van der Waals surface area contributed by atoms with E-state index in [1.807, 2.05) is 6.92 Å². The molecule has 108 valence electrons. The Labute approximate surface area is 112 Å². The summed E-state index contributed by atoms with van der Waals surface area (Å²) < 4.78 is 26.4. The lowest BCUT2D eigenvalue weighted by molar-refractivity contribution is 0.457. The van der Waals surface area contributed by atoms with Crippen molar-refractivity contribution in [2.75, 3.05) is 25.4 Å². The Bertz CT molecular complexity index is 360. The molecule has 1 aliphatic rings. The molecule has 0 aliphatic heterocycles. The maximum absolute atomic E-state index is 11.8. The van der Waals surface area contributed by atoms with Gasteiger partial charge in [-0.2, -0.15) is 0 Å². The Kier molecular flexibility index (Phi) is 4.84. The van der Waals surface area contributed by atoms with Crippen LogP contribution in [0, 0.1) is 16.7 Å². The van der Waals surface area contributed by atoms with E-state index in [2.05, 4.69) is 37.7 Å². The van der Waals surface area contributed by atoms with Crippen LogP contribution in [0.25, 0.3) is 0 Å². The van der Waals surface area contributed by atoms with Gasteiger partial charge in [0.2, 0.25) is 10.0 Å². The van der Waals surface area contributed by atoms with Crippen molar-refractivity contribution in [2.24, 2.45) is 16.7 Å². The molecular formula is C13H28N2O2S. The second kappa shape index (κ2) is 5.47.